The number of rotatable bonds is 4. The molecule has 0 atom stereocenters. The predicted molar refractivity (Wildman–Crippen MR) is 127 cm³/mol. The van der Waals surface area contributed by atoms with Crippen LogP contribution in [0.1, 0.15) is 9.80 Å². The van der Waals surface area contributed by atoms with E-state index in [1.54, 1.807) is 16.9 Å². The second kappa shape index (κ2) is 7.88. The van der Waals surface area contributed by atoms with E-state index in [1.165, 1.54) is 11.3 Å². The average molecular weight is 449 g/mol. The van der Waals surface area contributed by atoms with Crippen molar-refractivity contribution >= 4 is 38.8 Å². The third-order valence-corrected chi connectivity index (χ3v) is 6.14. The van der Waals surface area contributed by atoms with Crippen LogP contribution < -0.4 is 5.32 Å². The van der Waals surface area contributed by atoms with Crippen molar-refractivity contribution in [1.29, 1.82) is 0 Å². The van der Waals surface area contributed by atoms with Gasteiger partial charge in [0.2, 0.25) is 0 Å². The number of hydrogen-bond acceptors (Lipinski definition) is 7. The van der Waals surface area contributed by atoms with Gasteiger partial charge in [0, 0.05) is 29.2 Å². The number of anilines is 1. The first-order valence-electron chi connectivity index (χ1n) is 10.1. The summed E-state index contributed by atoms with van der Waals surface area (Å²) >= 11 is 1.37. The number of nitrogens with zero attached hydrogens (tertiary/aromatic N) is 6. The molecule has 9 heteroatoms. The molecule has 0 saturated heterocycles. The van der Waals surface area contributed by atoms with E-state index >= 15 is 0 Å². The quantitative estimate of drug-likeness (QED) is 0.418. The van der Waals surface area contributed by atoms with Gasteiger partial charge in [0.05, 0.1) is 15.9 Å². The molecule has 2 aromatic carbocycles. The largest absolute Gasteiger partial charge is 0.320 e. The summed E-state index contributed by atoms with van der Waals surface area (Å²) in [5.41, 5.74) is 4.66. The number of fused-ring (bicyclic) bond motifs is 2. The molecule has 0 bridgehead atoms. The maximum atomic E-state index is 12.6. The molecule has 1 amide bonds. The number of carbonyl (C=O) groups is 1. The van der Waals surface area contributed by atoms with Gasteiger partial charge in [-0.05, 0) is 48.5 Å². The molecular weight excluding hydrogens is 434 g/mol. The highest BCUT2D eigenvalue weighted by molar-refractivity contribution is 7.20. The molecule has 0 saturated carbocycles. The zero-order valence-electron chi connectivity index (χ0n) is 17.1. The number of thiazole rings is 1. The Labute approximate surface area is 191 Å². The lowest BCUT2D eigenvalue weighted by atomic mass is 10.1. The fourth-order valence-corrected chi connectivity index (χ4v) is 4.36. The predicted octanol–water partition coefficient (Wildman–Crippen LogP) is 4.72. The van der Waals surface area contributed by atoms with Crippen LogP contribution in [-0.4, -0.2) is 35.7 Å². The van der Waals surface area contributed by atoms with Crippen LogP contribution in [0.2, 0.25) is 0 Å². The van der Waals surface area contributed by atoms with E-state index < -0.39 is 0 Å². The topological polar surface area (TPSA) is 98.0 Å². The van der Waals surface area contributed by atoms with Crippen molar-refractivity contribution in [3.05, 3.63) is 90.2 Å². The van der Waals surface area contributed by atoms with Gasteiger partial charge in [0.1, 0.15) is 0 Å². The van der Waals surface area contributed by atoms with E-state index in [0.29, 0.717) is 22.2 Å². The van der Waals surface area contributed by atoms with E-state index in [-0.39, 0.29) is 5.91 Å². The lowest BCUT2D eigenvalue weighted by Gasteiger charge is -2.06. The molecule has 0 unspecified atom stereocenters. The molecule has 4 heterocycles. The van der Waals surface area contributed by atoms with Crippen LogP contribution in [0.5, 0.6) is 0 Å². The molecule has 0 aliphatic carbocycles. The van der Waals surface area contributed by atoms with E-state index in [0.717, 1.165) is 27.0 Å². The third kappa shape index (κ3) is 3.60. The van der Waals surface area contributed by atoms with Crippen molar-refractivity contribution in [3.8, 4) is 22.6 Å². The van der Waals surface area contributed by atoms with Crippen molar-refractivity contribution < 1.29 is 4.79 Å². The van der Waals surface area contributed by atoms with Crippen LogP contribution in [0.4, 0.5) is 5.69 Å². The van der Waals surface area contributed by atoms with Gasteiger partial charge in [0.25, 0.3) is 5.91 Å². The molecule has 0 fully saturated rings. The van der Waals surface area contributed by atoms with Crippen molar-refractivity contribution in [1.82, 2.24) is 29.8 Å². The Kier molecular flexibility index (Phi) is 4.59. The van der Waals surface area contributed by atoms with Crippen molar-refractivity contribution in [2.75, 3.05) is 5.32 Å². The SMILES string of the molecule is O=C(Nc1ccc(-c2ccc3nnc(-c4cccnc4)n3n2)cc1)c1nc2ccccc2s1. The Morgan fingerprint density at radius 3 is 2.58 bits per heavy atom. The van der Waals surface area contributed by atoms with Crippen LogP contribution >= 0.6 is 11.3 Å². The number of amides is 1. The molecule has 6 rings (SSSR count). The van der Waals surface area contributed by atoms with E-state index in [1.807, 2.05) is 72.8 Å². The summed E-state index contributed by atoms with van der Waals surface area (Å²) in [7, 11) is 0. The van der Waals surface area contributed by atoms with Crippen LogP contribution in [-0.2, 0) is 0 Å². The summed E-state index contributed by atoms with van der Waals surface area (Å²) in [6.07, 6.45) is 3.44. The fourth-order valence-electron chi connectivity index (χ4n) is 3.50. The second-order valence-electron chi connectivity index (χ2n) is 7.27. The summed E-state index contributed by atoms with van der Waals surface area (Å²) in [6.45, 7) is 0. The number of pyridine rings is 1. The number of benzene rings is 2. The molecule has 1 N–H and O–H groups in total. The van der Waals surface area contributed by atoms with Gasteiger partial charge in [-0.1, -0.05) is 24.3 Å². The van der Waals surface area contributed by atoms with Gasteiger partial charge in [-0.15, -0.1) is 21.5 Å². The summed E-state index contributed by atoms with van der Waals surface area (Å²) in [4.78, 5) is 21.2. The van der Waals surface area contributed by atoms with Gasteiger partial charge in [-0.2, -0.15) is 9.61 Å². The number of nitrogens with one attached hydrogen (secondary N) is 1. The Hall–Kier alpha value is -4.50. The van der Waals surface area contributed by atoms with E-state index in [4.69, 9.17) is 5.10 Å². The van der Waals surface area contributed by atoms with Gasteiger partial charge in [0.15, 0.2) is 16.5 Å². The lowest BCUT2D eigenvalue weighted by Crippen LogP contribution is -2.11. The molecule has 8 nitrogen and oxygen atoms in total. The van der Waals surface area contributed by atoms with Crippen molar-refractivity contribution in [3.63, 3.8) is 0 Å². The number of aromatic nitrogens is 6. The molecular formula is C24H15N7OS. The Morgan fingerprint density at radius 2 is 1.76 bits per heavy atom. The number of para-hydroxylation sites is 1. The highest BCUT2D eigenvalue weighted by atomic mass is 32.1. The molecule has 0 aliphatic rings. The van der Waals surface area contributed by atoms with Gasteiger partial charge < -0.3 is 5.32 Å². The van der Waals surface area contributed by atoms with Crippen molar-refractivity contribution in [2.45, 2.75) is 0 Å². The second-order valence-corrected chi connectivity index (χ2v) is 8.30. The number of carbonyl (C=O) groups excluding carboxylic acids is 1. The maximum absolute atomic E-state index is 12.6. The minimum Gasteiger partial charge on any atom is -0.320 e. The first-order valence-corrected chi connectivity index (χ1v) is 11.0. The van der Waals surface area contributed by atoms with Crippen molar-refractivity contribution in [2.24, 2.45) is 0 Å². The first kappa shape index (κ1) is 19.2. The normalized spacial score (nSPS) is 11.2. The van der Waals surface area contributed by atoms with Gasteiger partial charge >= 0.3 is 0 Å². The molecule has 0 aliphatic heterocycles. The first-order chi connectivity index (χ1) is 16.2. The standard InChI is InChI=1S/C24H15N7OS/c32-23(24-27-19-5-1-2-6-20(19)33-24)26-17-9-7-15(8-10-17)18-11-12-21-28-29-22(31(21)30-18)16-4-3-13-25-14-16/h1-14H,(H,26,32). The minimum atomic E-state index is -0.228. The molecule has 33 heavy (non-hydrogen) atoms. The maximum Gasteiger partial charge on any atom is 0.284 e. The summed E-state index contributed by atoms with van der Waals surface area (Å²) in [5, 5.41) is 16.5. The Bertz CT molecular complexity index is 1570. The van der Waals surface area contributed by atoms with E-state index in [9.17, 15) is 4.79 Å². The molecule has 0 radical (unpaired) electrons. The fraction of sp³-hybridized carbons (Fsp3) is 0. The highest BCUT2D eigenvalue weighted by Gasteiger charge is 2.13. The molecule has 0 spiro atoms. The highest BCUT2D eigenvalue weighted by Crippen LogP contribution is 2.24. The summed E-state index contributed by atoms with van der Waals surface area (Å²) in [6, 6.07) is 22.8. The monoisotopic (exact) mass is 449 g/mol. The molecule has 4 aromatic heterocycles. The van der Waals surface area contributed by atoms with Crippen LogP contribution in [0.25, 0.3) is 38.5 Å². The van der Waals surface area contributed by atoms with Crippen LogP contribution in [0.3, 0.4) is 0 Å². The van der Waals surface area contributed by atoms with Gasteiger partial charge in [-0.3, -0.25) is 9.78 Å². The summed E-state index contributed by atoms with van der Waals surface area (Å²) in [5.74, 6) is 0.397. The minimum absolute atomic E-state index is 0.228. The Morgan fingerprint density at radius 1 is 0.879 bits per heavy atom. The average Bonchev–Trinajstić information content (AvgIpc) is 3.49. The molecule has 158 valence electrons. The van der Waals surface area contributed by atoms with Crippen LogP contribution in [0.15, 0.2) is 85.2 Å². The smallest absolute Gasteiger partial charge is 0.284 e. The van der Waals surface area contributed by atoms with E-state index in [2.05, 4.69) is 25.5 Å². The lowest BCUT2D eigenvalue weighted by molar-refractivity contribution is 0.102. The summed E-state index contributed by atoms with van der Waals surface area (Å²) < 4.78 is 2.69. The number of hydrogen-bond donors (Lipinski definition) is 1. The zero-order valence-corrected chi connectivity index (χ0v) is 17.9. The molecule has 6 aromatic rings. The Balaban J connectivity index is 1.26. The zero-order chi connectivity index (χ0) is 22.2. The van der Waals surface area contributed by atoms with Crippen LogP contribution in [0, 0.1) is 0 Å². The third-order valence-electron chi connectivity index (χ3n) is 5.11. The van der Waals surface area contributed by atoms with Gasteiger partial charge in [-0.25, -0.2) is 4.98 Å².